The number of carbonyl (C=O) groups is 2. The summed E-state index contributed by atoms with van der Waals surface area (Å²) in [5.74, 6) is -0.0571. The summed E-state index contributed by atoms with van der Waals surface area (Å²) in [4.78, 5) is 27.1. The summed E-state index contributed by atoms with van der Waals surface area (Å²) in [5, 5.41) is 7.77. The van der Waals surface area contributed by atoms with Gasteiger partial charge < -0.3 is 15.5 Å². The number of carbonyl (C=O) groups excluding carboxylic acids is 2. The summed E-state index contributed by atoms with van der Waals surface area (Å²) in [7, 11) is 1.85. The number of hydrogen-bond acceptors (Lipinski definition) is 4. The van der Waals surface area contributed by atoms with Crippen LogP contribution in [0, 0.1) is 0 Å². The van der Waals surface area contributed by atoms with E-state index in [1.807, 2.05) is 24.6 Å². The largest absolute Gasteiger partial charge is 0.353 e. The predicted octanol–water partition coefficient (Wildman–Crippen LogP) is 1.50. The lowest BCUT2D eigenvalue weighted by Gasteiger charge is -2.34. The molecule has 1 saturated heterocycles. The monoisotopic (exact) mass is 331 g/mol. The molecule has 1 unspecified atom stereocenters. The quantitative estimate of drug-likeness (QED) is 0.804. The van der Waals surface area contributed by atoms with E-state index in [4.69, 9.17) is 0 Å². The number of likely N-dealkylation sites (tertiary alicyclic amines) is 1. The number of thiophene rings is 1. The van der Waals surface area contributed by atoms with Gasteiger partial charge in [0.25, 0.3) is 5.91 Å². The van der Waals surface area contributed by atoms with Crippen LogP contribution in [0.1, 0.15) is 28.9 Å². The Kier molecular flexibility index (Phi) is 7.71. The molecule has 2 N–H and O–H groups in total. The molecule has 1 aromatic rings. The van der Waals surface area contributed by atoms with Gasteiger partial charge in [-0.05, 0) is 37.8 Å². The number of rotatable bonds is 5. The van der Waals surface area contributed by atoms with Crippen LogP contribution in [-0.4, -0.2) is 49.4 Å². The van der Waals surface area contributed by atoms with Crippen molar-refractivity contribution < 1.29 is 9.59 Å². The number of hydrogen-bond donors (Lipinski definition) is 2. The highest BCUT2D eigenvalue weighted by molar-refractivity contribution is 7.12. The second-order valence-corrected chi connectivity index (χ2v) is 5.83. The fraction of sp³-hybridized carbons (Fsp3) is 0.571. The highest BCUT2D eigenvalue weighted by atomic mass is 35.5. The molecule has 0 aromatic carbocycles. The van der Waals surface area contributed by atoms with Gasteiger partial charge in [0.1, 0.15) is 6.04 Å². The molecule has 0 spiro atoms. The zero-order valence-electron chi connectivity index (χ0n) is 12.1. The van der Waals surface area contributed by atoms with E-state index < -0.39 is 0 Å². The first-order valence-corrected chi connectivity index (χ1v) is 7.89. The maximum Gasteiger partial charge on any atom is 0.264 e. The Morgan fingerprint density at radius 3 is 2.86 bits per heavy atom. The molecule has 0 aliphatic carbocycles. The minimum absolute atomic E-state index is 0. The van der Waals surface area contributed by atoms with Crippen LogP contribution in [-0.2, 0) is 4.79 Å². The van der Waals surface area contributed by atoms with E-state index >= 15 is 0 Å². The van der Waals surface area contributed by atoms with Gasteiger partial charge in [0.2, 0.25) is 5.91 Å². The molecular formula is C14H22ClN3O2S. The highest BCUT2D eigenvalue weighted by Gasteiger charge is 2.32. The number of likely N-dealkylation sites (N-methyl/N-ethyl adjacent to an activating group) is 1. The summed E-state index contributed by atoms with van der Waals surface area (Å²) in [6.45, 7) is 1.99. The molecule has 21 heavy (non-hydrogen) atoms. The van der Waals surface area contributed by atoms with Crippen molar-refractivity contribution in [3.63, 3.8) is 0 Å². The summed E-state index contributed by atoms with van der Waals surface area (Å²) in [6, 6.07) is 3.36. The number of nitrogens with one attached hydrogen (secondary N) is 2. The van der Waals surface area contributed by atoms with Crippen LogP contribution in [0.4, 0.5) is 0 Å². The number of piperidine rings is 1. The SMILES string of the molecule is CNCCNC(=O)C1CCCCN1C(=O)c1cccs1.Cl. The van der Waals surface area contributed by atoms with Crippen molar-refractivity contribution in [2.45, 2.75) is 25.3 Å². The Morgan fingerprint density at radius 1 is 1.38 bits per heavy atom. The van der Waals surface area contributed by atoms with E-state index in [2.05, 4.69) is 10.6 Å². The molecule has 5 nitrogen and oxygen atoms in total. The second-order valence-electron chi connectivity index (χ2n) is 4.88. The van der Waals surface area contributed by atoms with Crippen molar-refractivity contribution in [3.05, 3.63) is 22.4 Å². The van der Waals surface area contributed by atoms with Crippen LogP contribution in [0.3, 0.4) is 0 Å². The lowest BCUT2D eigenvalue weighted by atomic mass is 10.0. The van der Waals surface area contributed by atoms with Crippen LogP contribution < -0.4 is 10.6 Å². The zero-order valence-corrected chi connectivity index (χ0v) is 13.8. The van der Waals surface area contributed by atoms with Gasteiger partial charge in [-0.1, -0.05) is 6.07 Å². The Bertz CT molecular complexity index is 453. The van der Waals surface area contributed by atoms with E-state index in [9.17, 15) is 9.59 Å². The van der Waals surface area contributed by atoms with Crippen molar-refractivity contribution in [2.24, 2.45) is 0 Å². The van der Waals surface area contributed by atoms with Gasteiger partial charge in [-0.3, -0.25) is 9.59 Å². The summed E-state index contributed by atoms with van der Waals surface area (Å²) < 4.78 is 0. The maximum absolute atomic E-state index is 12.4. The third-order valence-electron chi connectivity index (χ3n) is 3.47. The number of amides is 2. The molecule has 1 aromatic heterocycles. The number of halogens is 1. The molecule has 7 heteroatoms. The Balaban J connectivity index is 0.00000220. The van der Waals surface area contributed by atoms with Crippen molar-refractivity contribution in [1.82, 2.24) is 15.5 Å². The lowest BCUT2D eigenvalue weighted by Crippen LogP contribution is -2.52. The molecule has 0 bridgehead atoms. The van der Waals surface area contributed by atoms with Crippen LogP contribution in [0.5, 0.6) is 0 Å². The fourth-order valence-electron chi connectivity index (χ4n) is 2.42. The van der Waals surface area contributed by atoms with Gasteiger partial charge in [0.05, 0.1) is 4.88 Å². The molecule has 1 aliphatic rings. The molecule has 0 saturated carbocycles. The third kappa shape index (κ3) is 4.69. The van der Waals surface area contributed by atoms with Crippen molar-refractivity contribution in [1.29, 1.82) is 0 Å². The summed E-state index contributed by atoms with van der Waals surface area (Å²) in [5.41, 5.74) is 0. The second kappa shape index (κ2) is 9.02. The predicted molar refractivity (Wildman–Crippen MR) is 87.2 cm³/mol. The minimum atomic E-state index is -0.324. The highest BCUT2D eigenvalue weighted by Crippen LogP contribution is 2.21. The van der Waals surface area contributed by atoms with E-state index in [1.54, 1.807) is 4.90 Å². The topological polar surface area (TPSA) is 61.4 Å². The van der Waals surface area contributed by atoms with E-state index in [-0.39, 0.29) is 30.3 Å². The Labute approximate surface area is 135 Å². The molecule has 1 fully saturated rings. The average molecular weight is 332 g/mol. The smallest absolute Gasteiger partial charge is 0.264 e. The average Bonchev–Trinajstić information content (AvgIpc) is 3.01. The first kappa shape index (κ1) is 17.9. The molecule has 2 amide bonds. The first-order valence-electron chi connectivity index (χ1n) is 7.01. The van der Waals surface area contributed by atoms with Crippen molar-refractivity contribution in [2.75, 3.05) is 26.7 Å². The van der Waals surface area contributed by atoms with Gasteiger partial charge in [-0.25, -0.2) is 0 Å². The van der Waals surface area contributed by atoms with E-state index in [0.29, 0.717) is 18.0 Å². The van der Waals surface area contributed by atoms with Crippen LogP contribution in [0.2, 0.25) is 0 Å². The standard InChI is InChI=1S/C14H21N3O2S.ClH/c1-15-7-8-16-13(18)11-5-2-3-9-17(11)14(19)12-6-4-10-20-12;/h4,6,10-11,15H,2-3,5,7-9H2,1H3,(H,16,18);1H. The number of nitrogens with zero attached hydrogens (tertiary/aromatic N) is 1. The Hall–Kier alpha value is -1.11. The summed E-state index contributed by atoms with van der Waals surface area (Å²) in [6.07, 6.45) is 2.72. The maximum atomic E-state index is 12.4. The first-order chi connectivity index (χ1) is 9.74. The minimum Gasteiger partial charge on any atom is -0.353 e. The van der Waals surface area contributed by atoms with E-state index in [1.165, 1.54) is 11.3 Å². The molecule has 0 radical (unpaired) electrons. The summed E-state index contributed by atoms with van der Waals surface area (Å²) >= 11 is 1.43. The third-order valence-corrected chi connectivity index (χ3v) is 4.33. The lowest BCUT2D eigenvalue weighted by molar-refractivity contribution is -0.126. The molecule has 1 aliphatic heterocycles. The fourth-order valence-corrected chi connectivity index (χ4v) is 3.10. The van der Waals surface area contributed by atoms with Crippen LogP contribution >= 0.6 is 23.7 Å². The normalized spacial score (nSPS) is 18.0. The van der Waals surface area contributed by atoms with Gasteiger partial charge in [0, 0.05) is 19.6 Å². The molecular weight excluding hydrogens is 310 g/mol. The van der Waals surface area contributed by atoms with Gasteiger partial charge >= 0.3 is 0 Å². The van der Waals surface area contributed by atoms with Crippen LogP contribution in [0.25, 0.3) is 0 Å². The van der Waals surface area contributed by atoms with Crippen molar-refractivity contribution in [3.8, 4) is 0 Å². The van der Waals surface area contributed by atoms with Crippen LogP contribution in [0.15, 0.2) is 17.5 Å². The van der Waals surface area contributed by atoms with Gasteiger partial charge in [0.15, 0.2) is 0 Å². The Morgan fingerprint density at radius 2 is 2.19 bits per heavy atom. The van der Waals surface area contributed by atoms with Gasteiger partial charge in [-0.2, -0.15) is 0 Å². The molecule has 1 atom stereocenters. The molecule has 2 rings (SSSR count). The van der Waals surface area contributed by atoms with Gasteiger partial charge in [-0.15, -0.1) is 23.7 Å². The van der Waals surface area contributed by atoms with E-state index in [0.717, 1.165) is 25.8 Å². The van der Waals surface area contributed by atoms with Crippen molar-refractivity contribution >= 4 is 35.6 Å². The molecule has 2 heterocycles. The zero-order chi connectivity index (χ0) is 14.4. The molecule has 118 valence electrons.